The molecule has 0 aliphatic heterocycles. The molecule has 0 heterocycles. The molecule has 1 atom stereocenters. The number of alkyl halides is 1. The van der Waals surface area contributed by atoms with Crippen molar-refractivity contribution in [3.8, 4) is 0 Å². The smallest absolute Gasteiger partial charge is 0.0363 e. The molecule has 0 spiro atoms. The van der Waals surface area contributed by atoms with E-state index in [0.29, 0.717) is 4.83 Å². The summed E-state index contributed by atoms with van der Waals surface area (Å²) in [5.74, 6) is 0. The highest BCUT2D eigenvalue weighted by atomic mass is 79.9. The molecule has 44 valence electrons. The normalized spacial score (nSPS) is 21.0. The SMILES string of the molecule is CC(Br)C1=CCC=C1. The van der Waals surface area contributed by atoms with Crippen molar-refractivity contribution in [2.45, 2.75) is 18.2 Å². The van der Waals surface area contributed by atoms with Gasteiger partial charge < -0.3 is 0 Å². The first kappa shape index (κ1) is 6.09. The monoisotopic (exact) mass is 172 g/mol. The van der Waals surface area contributed by atoms with Gasteiger partial charge in [-0.25, -0.2) is 0 Å². The van der Waals surface area contributed by atoms with E-state index in [0.717, 1.165) is 6.42 Å². The Balaban J connectivity index is 2.58. The van der Waals surface area contributed by atoms with Crippen LogP contribution in [0.1, 0.15) is 13.3 Å². The fourth-order valence-corrected chi connectivity index (χ4v) is 1.11. The lowest BCUT2D eigenvalue weighted by atomic mass is 10.2. The number of allylic oxidation sites excluding steroid dienone is 4. The summed E-state index contributed by atoms with van der Waals surface area (Å²) >= 11 is 3.48. The van der Waals surface area contributed by atoms with Crippen molar-refractivity contribution < 1.29 is 0 Å². The van der Waals surface area contributed by atoms with Gasteiger partial charge in [0.1, 0.15) is 0 Å². The average Bonchev–Trinajstić information content (AvgIpc) is 2.12. The van der Waals surface area contributed by atoms with Gasteiger partial charge in [-0.1, -0.05) is 34.2 Å². The third kappa shape index (κ3) is 1.22. The third-order valence-corrected chi connectivity index (χ3v) is 1.79. The number of rotatable bonds is 1. The fourth-order valence-electron chi connectivity index (χ4n) is 0.771. The molecular weight excluding hydrogens is 164 g/mol. The van der Waals surface area contributed by atoms with Crippen LogP contribution in [0.3, 0.4) is 0 Å². The lowest BCUT2D eigenvalue weighted by molar-refractivity contribution is 1.20. The summed E-state index contributed by atoms with van der Waals surface area (Å²) in [5, 5.41) is 0. The summed E-state index contributed by atoms with van der Waals surface area (Å²) in [7, 11) is 0. The Morgan fingerprint density at radius 2 is 2.50 bits per heavy atom. The van der Waals surface area contributed by atoms with Gasteiger partial charge in [0.05, 0.1) is 0 Å². The van der Waals surface area contributed by atoms with E-state index in [-0.39, 0.29) is 0 Å². The van der Waals surface area contributed by atoms with E-state index in [1.54, 1.807) is 0 Å². The van der Waals surface area contributed by atoms with Crippen LogP contribution in [0.25, 0.3) is 0 Å². The molecule has 0 amide bonds. The van der Waals surface area contributed by atoms with Crippen LogP contribution in [0, 0.1) is 0 Å². The molecule has 1 aliphatic carbocycles. The zero-order chi connectivity index (χ0) is 5.98. The molecule has 0 aromatic heterocycles. The second kappa shape index (κ2) is 2.49. The van der Waals surface area contributed by atoms with Gasteiger partial charge in [0.2, 0.25) is 0 Å². The van der Waals surface area contributed by atoms with Crippen molar-refractivity contribution in [2.24, 2.45) is 0 Å². The second-order valence-corrected chi connectivity index (χ2v) is 3.33. The summed E-state index contributed by atoms with van der Waals surface area (Å²) in [6.45, 7) is 2.14. The predicted molar refractivity (Wildman–Crippen MR) is 40.2 cm³/mol. The van der Waals surface area contributed by atoms with Crippen LogP contribution in [0.4, 0.5) is 0 Å². The van der Waals surface area contributed by atoms with E-state index in [9.17, 15) is 0 Å². The van der Waals surface area contributed by atoms with Crippen LogP contribution in [0.2, 0.25) is 0 Å². The van der Waals surface area contributed by atoms with Gasteiger partial charge in [0.25, 0.3) is 0 Å². The Morgan fingerprint density at radius 1 is 1.75 bits per heavy atom. The highest BCUT2D eigenvalue weighted by Gasteiger charge is 2.01. The Morgan fingerprint density at radius 3 is 2.75 bits per heavy atom. The molecule has 1 aliphatic rings. The topological polar surface area (TPSA) is 0 Å². The van der Waals surface area contributed by atoms with Crippen molar-refractivity contribution in [2.75, 3.05) is 0 Å². The number of hydrogen-bond acceptors (Lipinski definition) is 0. The summed E-state index contributed by atoms with van der Waals surface area (Å²) in [6, 6.07) is 0. The van der Waals surface area contributed by atoms with E-state index < -0.39 is 0 Å². The summed E-state index contributed by atoms with van der Waals surface area (Å²) in [5.41, 5.74) is 1.41. The molecule has 0 radical (unpaired) electrons. The van der Waals surface area contributed by atoms with Crippen LogP contribution in [0.15, 0.2) is 23.8 Å². The Bertz CT molecular complexity index is 131. The first-order valence-corrected chi connectivity index (χ1v) is 3.73. The van der Waals surface area contributed by atoms with E-state index in [4.69, 9.17) is 0 Å². The van der Waals surface area contributed by atoms with Gasteiger partial charge in [0.15, 0.2) is 0 Å². The minimum Gasteiger partial charge on any atom is -0.0842 e. The third-order valence-electron chi connectivity index (χ3n) is 1.26. The first-order chi connectivity index (χ1) is 3.80. The zero-order valence-corrected chi connectivity index (χ0v) is 6.48. The minimum absolute atomic E-state index is 0.529. The van der Waals surface area contributed by atoms with Crippen molar-refractivity contribution in [3.63, 3.8) is 0 Å². The molecule has 0 aromatic carbocycles. The van der Waals surface area contributed by atoms with Gasteiger partial charge in [-0.2, -0.15) is 0 Å². The fraction of sp³-hybridized carbons (Fsp3) is 0.429. The molecule has 1 rings (SSSR count). The molecule has 0 saturated heterocycles. The van der Waals surface area contributed by atoms with Gasteiger partial charge >= 0.3 is 0 Å². The maximum absolute atomic E-state index is 3.48. The van der Waals surface area contributed by atoms with Crippen molar-refractivity contribution in [3.05, 3.63) is 23.8 Å². The number of hydrogen-bond donors (Lipinski definition) is 0. The lowest BCUT2D eigenvalue weighted by Gasteiger charge is -1.97. The maximum atomic E-state index is 3.48. The molecule has 0 bridgehead atoms. The molecule has 8 heavy (non-hydrogen) atoms. The van der Waals surface area contributed by atoms with Crippen LogP contribution in [-0.2, 0) is 0 Å². The van der Waals surface area contributed by atoms with E-state index >= 15 is 0 Å². The maximum Gasteiger partial charge on any atom is 0.0363 e. The van der Waals surface area contributed by atoms with Gasteiger partial charge in [-0.15, -0.1) is 0 Å². The molecule has 1 heteroatoms. The van der Waals surface area contributed by atoms with Crippen molar-refractivity contribution in [1.82, 2.24) is 0 Å². The van der Waals surface area contributed by atoms with Crippen molar-refractivity contribution >= 4 is 15.9 Å². The highest BCUT2D eigenvalue weighted by molar-refractivity contribution is 9.09. The first-order valence-electron chi connectivity index (χ1n) is 2.81. The molecule has 0 N–H and O–H groups in total. The Kier molecular flexibility index (Phi) is 1.90. The van der Waals surface area contributed by atoms with Gasteiger partial charge in [-0.05, 0) is 18.9 Å². The lowest BCUT2D eigenvalue weighted by Crippen LogP contribution is -1.89. The zero-order valence-electron chi connectivity index (χ0n) is 4.89. The summed E-state index contributed by atoms with van der Waals surface area (Å²) in [6.07, 6.45) is 7.69. The van der Waals surface area contributed by atoms with Crippen molar-refractivity contribution in [1.29, 1.82) is 0 Å². The molecular formula is C7H9Br. The quantitative estimate of drug-likeness (QED) is 0.534. The Hall–Kier alpha value is -0.0400. The molecule has 0 fully saturated rings. The Labute approximate surface area is 58.4 Å². The largest absolute Gasteiger partial charge is 0.0842 e. The molecule has 0 aromatic rings. The van der Waals surface area contributed by atoms with Crippen LogP contribution in [0.5, 0.6) is 0 Å². The minimum atomic E-state index is 0.529. The predicted octanol–water partition coefficient (Wildman–Crippen LogP) is 2.66. The van der Waals surface area contributed by atoms with E-state index in [1.165, 1.54) is 5.57 Å². The summed E-state index contributed by atoms with van der Waals surface area (Å²) < 4.78 is 0. The van der Waals surface area contributed by atoms with Gasteiger partial charge in [0, 0.05) is 4.83 Å². The second-order valence-electron chi connectivity index (χ2n) is 1.96. The van der Waals surface area contributed by atoms with Crippen LogP contribution >= 0.6 is 15.9 Å². The summed E-state index contributed by atoms with van der Waals surface area (Å²) in [4.78, 5) is 0.529. The standard InChI is InChI=1S/C7H9Br/c1-6(8)7-4-2-3-5-7/h2,4-6H,3H2,1H3. The highest BCUT2D eigenvalue weighted by Crippen LogP contribution is 2.17. The average molecular weight is 173 g/mol. The number of halogens is 1. The molecule has 0 saturated carbocycles. The van der Waals surface area contributed by atoms with E-state index in [2.05, 4.69) is 41.1 Å². The van der Waals surface area contributed by atoms with Crippen LogP contribution < -0.4 is 0 Å². The van der Waals surface area contributed by atoms with Crippen LogP contribution in [-0.4, -0.2) is 4.83 Å². The van der Waals surface area contributed by atoms with E-state index in [1.807, 2.05) is 0 Å². The molecule has 0 nitrogen and oxygen atoms in total. The molecule has 1 unspecified atom stereocenters. The van der Waals surface area contributed by atoms with Gasteiger partial charge in [-0.3, -0.25) is 0 Å².